The summed E-state index contributed by atoms with van der Waals surface area (Å²) in [5.74, 6) is 0. The van der Waals surface area contributed by atoms with E-state index in [0.29, 0.717) is 0 Å². The predicted molar refractivity (Wildman–Crippen MR) is 38.6 cm³/mol. The van der Waals surface area contributed by atoms with Gasteiger partial charge in [0.05, 0.1) is 5.70 Å². The van der Waals surface area contributed by atoms with E-state index < -0.39 is 0 Å². The van der Waals surface area contributed by atoms with Crippen molar-refractivity contribution in [1.29, 1.82) is 0 Å². The van der Waals surface area contributed by atoms with Gasteiger partial charge < -0.3 is 0 Å². The van der Waals surface area contributed by atoms with Crippen molar-refractivity contribution >= 4 is 6.34 Å². The van der Waals surface area contributed by atoms with Gasteiger partial charge in [-0.15, -0.1) is 0 Å². The molecule has 0 aromatic heterocycles. The standard InChI is InChI=1S/C7H12N2/c1-3-7(2)9-5-4-8-6-9/h3,6H,4-5H2,1-2H3/p+1. The number of nitrogens with zero attached hydrogens (tertiary/aromatic N) is 1. The average Bonchev–Trinajstić information content (AvgIpc) is 2.37. The quantitative estimate of drug-likeness (QED) is 0.506. The van der Waals surface area contributed by atoms with Crippen molar-refractivity contribution in [2.24, 2.45) is 0 Å². The van der Waals surface area contributed by atoms with Gasteiger partial charge in [0.25, 0.3) is 0 Å². The highest BCUT2D eigenvalue weighted by atomic mass is 15.1. The third kappa shape index (κ3) is 1.31. The SMILES string of the molecule is CC=C(C)[N+]1=CNCC1. The Balaban J connectivity index is 2.61. The number of allylic oxidation sites excluding steroid dienone is 2. The number of rotatable bonds is 1. The van der Waals surface area contributed by atoms with E-state index >= 15 is 0 Å². The second kappa shape index (κ2) is 2.67. The molecule has 0 aromatic rings. The Morgan fingerprint density at radius 1 is 1.78 bits per heavy atom. The highest BCUT2D eigenvalue weighted by Crippen LogP contribution is 1.94. The molecule has 0 aliphatic carbocycles. The molecule has 0 saturated heterocycles. The molecule has 0 fully saturated rings. The summed E-state index contributed by atoms with van der Waals surface area (Å²) >= 11 is 0. The molecule has 2 nitrogen and oxygen atoms in total. The Kier molecular flexibility index (Phi) is 1.88. The van der Waals surface area contributed by atoms with Crippen molar-refractivity contribution in [1.82, 2.24) is 5.32 Å². The van der Waals surface area contributed by atoms with Crippen LogP contribution in [0.2, 0.25) is 0 Å². The summed E-state index contributed by atoms with van der Waals surface area (Å²) < 4.78 is 2.21. The van der Waals surface area contributed by atoms with E-state index in [0.717, 1.165) is 13.1 Å². The summed E-state index contributed by atoms with van der Waals surface area (Å²) in [7, 11) is 0. The maximum atomic E-state index is 3.15. The summed E-state index contributed by atoms with van der Waals surface area (Å²) in [5, 5.41) is 3.15. The monoisotopic (exact) mass is 125 g/mol. The van der Waals surface area contributed by atoms with Crippen LogP contribution in [0.4, 0.5) is 0 Å². The van der Waals surface area contributed by atoms with Crippen molar-refractivity contribution in [3.8, 4) is 0 Å². The van der Waals surface area contributed by atoms with E-state index in [4.69, 9.17) is 0 Å². The molecule has 1 rings (SSSR count). The van der Waals surface area contributed by atoms with Crippen LogP contribution in [0.25, 0.3) is 0 Å². The lowest BCUT2D eigenvalue weighted by molar-refractivity contribution is -0.461. The highest BCUT2D eigenvalue weighted by Gasteiger charge is 2.08. The van der Waals surface area contributed by atoms with Crippen LogP contribution in [-0.4, -0.2) is 24.0 Å². The summed E-state index contributed by atoms with van der Waals surface area (Å²) in [6, 6.07) is 0. The second-order valence-electron chi connectivity index (χ2n) is 2.21. The van der Waals surface area contributed by atoms with E-state index in [9.17, 15) is 0 Å². The Morgan fingerprint density at radius 2 is 2.56 bits per heavy atom. The molecular weight excluding hydrogens is 112 g/mol. The van der Waals surface area contributed by atoms with Crippen LogP contribution in [0, 0.1) is 0 Å². The zero-order valence-electron chi connectivity index (χ0n) is 6.02. The van der Waals surface area contributed by atoms with Gasteiger partial charge in [-0.3, -0.25) is 5.32 Å². The van der Waals surface area contributed by atoms with E-state index in [1.165, 1.54) is 5.70 Å². The summed E-state index contributed by atoms with van der Waals surface area (Å²) in [6.07, 6.45) is 4.14. The van der Waals surface area contributed by atoms with Crippen LogP contribution in [0.15, 0.2) is 11.8 Å². The molecule has 0 atom stereocenters. The minimum Gasteiger partial charge on any atom is -0.277 e. The minimum absolute atomic E-state index is 1.07. The molecule has 0 spiro atoms. The van der Waals surface area contributed by atoms with Crippen molar-refractivity contribution in [3.63, 3.8) is 0 Å². The number of nitrogens with one attached hydrogen (secondary N) is 1. The maximum absolute atomic E-state index is 3.15. The fourth-order valence-electron chi connectivity index (χ4n) is 0.868. The van der Waals surface area contributed by atoms with Gasteiger partial charge in [-0.25, -0.2) is 4.58 Å². The van der Waals surface area contributed by atoms with Gasteiger partial charge in [0.1, 0.15) is 13.1 Å². The Labute approximate surface area is 55.9 Å². The molecule has 1 aliphatic heterocycles. The van der Waals surface area contributed by atoms with Crippen LogP contribution in [0.3, 0.4) is 0 Å². The Hall–Kier alpha value is -0.790. The van der Waals surface area contributed by atoms with E-state index in [1.54, 1.807) is 0 Å². The molecule has 9 heavy (non-hydrogen) atoms. The predicted octanol–water partition coefficient (Wildman–Crippen LogP) is 0.554. The highest BCUT2D eigenvalue weighted by molar-refractivity contribution is 5.50. The topological polar surface area (TPSA) is 15.0 Å². The number of hydrogen-bond acceptors (Lipinski definition) is 1. The van der Waals surface area contributed by atoms with Crippen LogP contribution < -0.4 is 5.32 Å². The van der Waals surface area contributed by atoms with Gasteiger partial charge in [0.2, 0.25) is 6.34 Å². The Bertz CT molecular complexity index is 156. The molecule has 2 heteroatoms. The van der Waals surface area contributed by atoms with E-state index in [2.05, 4.69) is 29.8 Å². The molecule has 0 bridgehead atoms. The molecule has 1 aliphatic rings. The molecule has 50 valence electrons. The molecular formula is C7H13N2+. The van der Waals surface area contributed by atoms with Crippen LogP contribution >= 0.6 is 0 Å². The lowest BCUT2D eigenvalue weighted by Gasteiger charge is -1.95. The summed E-state index contributed by atoms with van der Waals surface area (Å²) in [6.45, 7) is 6.35. The number of hydrogen-bond donors (Lipinski definition) is 1. The zero-order chi connectivity index (χ0) is 6.69. The smallest absolute Gasteiger partial charge is 0.237 e. The lowest BCUT2D eigenvalue weighted by atomic mass is 10.4. The van der Waals surface area contributed by atoms with Crippen molar-refractivity contribution < 1.29 is 4.58 Å². The molecule has 0 amide bonds. The molecule has 1 N–H and O–H groups in total. The van der Waals surface area contributed by atoms with Gasteiger partial charge in [0.15, 0.2) is 0 Å². The van der Waals surface area contributed by atoms with Crippen LogP contribution in [0.1, 0.15) is 13.8 Å². The van der Waals surface area contributed by atoms with Crippen LogP contribution in [-0.2, 0) is 0 Å². The van der Waals surface area contributed by atoms with Gasteiger partial charge >= 0.3 is 0 Å². The van der Waals surface area contributed by atoms with Gasteiger partial charge in [-0.05, 0) is 19.9 Å². The van der Waals surface area contributed by atoms with E-state index in [1.807, 2.05) is 6.34 Å². The molecule has 1 heterocycles. The molecule has 0 unspecified atom stereocenters. The summed E-state index contributed by atoms with van der Waals surface area (Å²) in [4.78, 5) is 0. The lowest BCUT2D eigenvalue weighted by Crippen LogP contribution is -2.06. The van der Waals surface area contributed by atoms with E-state index in [-0.39, 0.29) is 0 Å². The first kappa shape index (κ1) is 6.33. The van der Waals surface area contributed by atoms with Crippen molar-refractivity contribution in [2.75, 3.05) is 13.1 Å². The molecule has 0 saturated carbocycles. The minimum atomic E-state index is 1.07. The maximum Gasteiger partial charge on any atom is 0.237 e. The van der Waals surface area contributed by atoms with Crippen molar-refractivity contribution in [2.45, 2.75) is 13.8 Å². The fourth-order valence-corrected chi connectivity index (χ4v) is 0.868. The van der Waals surface area contributed by atoms with Gasteiger partial charge in [-0.1, -0.05) is 0 Å². The normalized spacial score (nSPS) is 19.3. The first-order chi connectivity index (χ1) is 4.34. The van der Waals surface area contributed by atoms with Gasteiger partial charge in [-0.2, -0.15) is 0 Å². The third-order valence-electron chi connectivity index (χ3n) is 1.61. The second-order valence-corrected chi connectivity index (χ2v) is 2.21. The Morgan fingerprint density at radius 3 is 3.00 bits per heavy atom. The first-order valence-corrected chi connectivity index (χ1v) is 3.31. The first-order valence-electron chi connectivity index (χ1n) is 3.31. The average molecular weight is 125 g/mol. The van der Waals surface area contributed by atoms with Gasteiger partial charge in [0, 0.05) is 0 Å². The molecule has 0 aromatic carbocycles. The largest absolute Gasteiger partial charge is 0.277 e. The van der Waals surface area contributed by atoms with Crippen molar-refractivity contribution in [3.05, 3.63) is 11.8 Å². The van der Waals surface area contributed by atoms with Crippen LogP contribution in [0.5, 0.6) is 0 Å². The zero-order valence-corrected chi connectivity index (χ0v) is 6.02. The molecule has 0 radical (unpaired) electrons. The fraction of sp³-hybridized carbons (Fsp3) is 0.571. The third-order valence-corrected chi connectivity index (χ3v) is 1.61. The summed E-state index contributed by atoms with van der Waals surface area (Å²) in [5.41, 5.74) is 1.32.